The van der Waals surface area contributed by atoms with E-state index in [1.54, 1.807) is 6.07 Å². The molecule has 0 radical (unpaired) electrons. The first-order chi connectivity index (χ1) is 13.7. The Labute approximate surface area is 166 Å². The molecule has 1 aliphatic carbocycles. The fourth-order valence-corrected chi connectivity index (χ4v) is 4.29. The van der Waals surface area contributed by atoms with E-state index in [0.717, 1.165) is 49.2 Å². The number of pyridine rings is 1. The number of benzene rings is 1. The number of hydrogen-bond donors (Lipinski definition) is 2. The molecule has 2 heterocycles. The van der Waals surface area contributed by atoms with Crippen molar-refractivity contribution in [1.82, 2.24) is 9.88 Å². The quantitative estimate of drug-likeness (QED) is 0.847. The van der Waals surface area contributed by atoms with E-state index in [1.807, 2.05) is 12.1 Å². The van der Waals surface area contributed by atoms with Gasteiger partial charge in [-0.1, -0.05) is 25.0 Å². The van der Waals surface area contributed by atoms with Crippen molar-refractivity contribution in [2.24, 2.45) is 0 Å². The molecule has 4 rings (SSSR count). The van der Waals surface area contributed by atoms with Gasteiger partial charge in [0.1, 0.15) is 5.56 Å². The van der Waals surface area contributed by atoms with E-state index in [0.29, 0.717) is 0 Å². The summed E-state index contributed by atoms with van der Waals surface area (Å²) in [5.41, 5.74) is 3.98. The van der Waals surface area contributed by atoms with Gasteiger partial charge >= 0.3 is 0 Å². The third-order valence-electron chi connectivity index (χ3n) is 5.90. The largest absolute Gasteiger partial charge is 0.325 e. The lowest BCUT2D eigenvalue weighted by atomic mass is 9.95. The van der Waals surface area contributed by atoms with Gasteiger partial charge in [0.15, 0.2) is 0 Å². The lowest BCUT2D eigenvalue weighted by molar-refractivity contribution is 0.102. The van der Waals surface area contributed by atoms with Crippen LogP contribution in [0.25, 0.3) is 0 Å². The lowest BCUT2D eigenvalue weighted by Gasteiger charge is -2.20. The van der Waals surface area contributed by atoms with Crippen LogP contribution in [0.2, 0.25) is 0 Å². The van der Waals surface area contributed by atoms with Crippen molar-refractivity contribution in [2.45, 2.75) is 57.9 Å². The Balaban J connectivity index is 1.41. The van der Waals surface area contributed by atoms with Gasteiger partial charge in [-0.15, -0.1) is 0 Å². The van der Waals surface area contributed by atoms with E-state index in [-0.39, 0.29) is 17.0 Å². The summed E-state index contributed by atoms with van der Waals surface area (Å²) in [6, 6.07) is 9.76. The van der Waals surface area contributed by atoms with Crippen LogP contribution >= 0.6 is 0 Å². The van der Waals surface area contributed by atoms with Gasteiger partial charge in [-0.3, -0.25) is 14.5 Å². The molecule has 1 amide bonds. The highest BCUT2D eigenvalue weighted by Crippen LogP contribution is 2.19. The molecule has 0 spiro atoms. The molecule has 0 bridgehead atoms. The van der Waals surface area contributed by atoms with Crippen LogP contribution in [0.15, 0.2) is 35.1 Å². The molecule has 0 unspecified atom stereocenters. The number of carbonyl (C=O) groups excluding carboxylic acids is 1. The highest BCUT2D eigenvalue weighted by atomic mass is 16.2. The van der Waals surface area contributed by atoms with Crippen LogP contribution in [0.3, 0.4) is 0 Å². The summed E-state index contributed by atoms with van der Waals surface area (Å²) in [7, 11) is 0. The number of aromatic amines is 1. The molecule has 1 saturated heterocycles. The standard InChI is InChI=1S/C23H29N3O2/c27-22(20-15-18-7-3-4-8-21(18)25-23(20)28)24-19-11-9-17(10-12-19)16-26-13-5-1-2-6-14-26/h9-12,15H,1-8,13-14,16H2,(H,24,27)(H,25,28). The molecule has 2 aliphatic rings. The monoisotopic (exact) mass is 379 g/mol. The van der Waals surface area contributed by atoms with Crippen LogP contribution < -0.4 is 10.9 Å². The Morgan fingerprint density at radius 3 is 2.43 bits per heavy atom. The van der Waals surface area contributed by atoms with E-state index < -0.39 is 0 Å². The third-order valence-corrected chi connectivity index (χ3v) is 5.90. The van der Waals surface area contributed by atoms with Crippen molar-refractivity contribution in [1.29, 1.82) is 0 Å². The number of fused-ring (bicyclic) bond motifs is 1. The molecule has 0 atom stereocenters. The average molecular weight is 380 g/mol. The fourth-order valence-electron chi connectivity index (χ4n) is 4.29. The van der Waals surface area contributed by atoms with E-state index in [4.69, 9.17) is 0 Å². The number of anilines is 1. The number of likely N-dealkylation sites (tertiary alicyclic amines) is 1. The number of nitrogens with zero attached hydrogens (tertiary/aromatic N) is 1. The molecule has 1 fully saturated rings. The van der Waals surface area contributed by atoms with Gasteiger partial charge in [0.25, 0.3) is 11.5 Å². The Kier molecular flexibility index (Phi) is 5.91. The molecule has 1 aromatic heterocycles. The first-order valence-electron chi connectivity index (χ1n) is 10.6. The Bertz CT molecular complexity index is 878. The molecular formula is C23H29N3O2. The summed E-state index contributed by atoms with van der Waals surface area (Å²) in [5.74, 6) is -0.338. The Hall–Kier alpha value is -2.40. The first-order valence-corrected chi connectivity index (χ1v) is 10.6. The minimum absolute atomic E-state index is 0.203. The minimum Gasteiger partial charge on any atom is -0.325 e. The van der Waals surface area contributed by atoms with Crippen LogP contribution in [-0.4, -0.2) is 28.9 Å². The van der Waals surface area contributed by atoms with Gasteiger partial charge in [-0.2, -0.15) is 0 Å². The predicted octanol–water partition coefficient (Wildman–Crippen LogP) is 3.88. The zero-order valence-corrected chi connectivity index (χ0v) is 16.4. The number of nitrogens with one attached hydrogen (secondary N) is 2. The second-order valence-electron chi connectivity index (χ2n) is 8.06. The Morgan fingerprint density at radius 2 is 1.68 bits per heavy atom. The maximum absolute atomic E-state index is 12.6. The van der Waals surface area contributed by atoms with E-state index >= 15 is 0 Å². The number of H-pyrrole nitrogens is 1. The van der Waals surface area contributed by atoms with Crippen LogP contribution in [0, 0.1) is 0 Å². The van der Waals surface area contributed by atoms with Crippen LogP contribution in [0.1, 0.15) is 65.7 Å². The summed E-state index contributed by atoms with van der Waals surface area (Å²) < 4.78 is 0. The molecule has 2 aromatic rings. The smallest absolute Gasteiger partial charge is 0.261 e. The number of rotatable bonds is 4. The molecular weight excluding hydrogens is 350 g/mol. The summed E-state index contributed by atoms with van der Waals surface area (Å²) in [4.78, 5) is 30.3. The molecule has 5 nitrogen and oxygen atoms in total. The molecule has 148 valence electrons. The van der Waals surface area contributed by atoms with Crippen LogP contribution in [0.4, 0.5) is 5.69 Å². The number of carbonyl (C=O) groups is 1. The number of aromatic nitrogens is 1. The summed E-state index contributed by atoms with van der Waals surface area (Å²) in [6.45, 7) is 3.29. The maximum Gasteiger partial charge on any atom is 0.261 e. The van der Waals surface area contributed by atoms with Crippen molar-refractivity contribution in [3.05, 3.63) is 63.1 Å². The molecule has 1 aromatic carbocycles. The van der Waals surface area contributed by atoms with Gasteiger partial charge in [0.2, 0.25) is 0 Å². The highest BCUT2D eigenvalue weighted by molar-refractivity contribution is 6.04. The number of aryl methyl sites for hydroxylation is 2. The van der Waals surface area contributed by atoms with Crippen molar-refractivity contribution in [3.8, 4) is 0 Å². The van der Waals surface area contributed by atoms with Gasteiger partial charge in [0, 0.05) is 17.9 Å². The third kappa shape index (κ3) is 4.53. The second kappa shape index (κ2) is 8.74. The number of amides is 1. The summed E-state index contributed by atoms with van der Waals surface area (Å²) in [5, 5.41) is 2.87. The van der Waals surface area contributed by atoms with Gasteiger partial charge in [-0.25, -0.2) is 0 Å². The zero-order chi connectivity index (χ0) is 19.3. The molecule has 28 heavy (non-hydrogen) atoms. The fraction of sp³-hybridized carbons (Fsp3) is 0.478. The van der Waals surface area contributed by atoms with Crippen LogP contribution in [0.5, 0.6) is 0 Å². The van der Waals surface area contributed by atoms with E-state index in [9.17, 15) is 9.59 Å². The van der Waals surface area contributed by atoms with E-state index in [2.05, 4.69) is 27.3 Å². The Morgan fingerprint density at radius 1 is 0.964 bits per heavy atom. The predicted molar refractivity (Wildman–Crippen MR) is 112 cm³/mol. The SMILES string of the molecule is O=C(Nc1ccc(CN2CCCCCC2)cc1)c1cc2c([nH]c1=O)CCCC2. The molecule has 0 saturated carbocycles. The minimum atomic E-state index is -0.338. The summed E-state index contributed by atoms with van der Waals surface area (Å²) in [6.07, 6.45) is 9.26. The van der Waals surface area contributed by atoms with Gasteiger partial charge in [0.05, 0.1) is 0 Å². The van der Waals surface area contributed by atoms with E-state index in [1.165, 1.54) is 44.3 Å². The molecule has 1 aliphatic heterocycles. The van der Waals surface area contributed by atoms with Crippen molar-refractivity contribution in [2.75, 3.05) is 18.4 Å². The first kappa shape index (κ1) is 18.9. The van der Waals surface area contributed by atoms with Crippen molar-refractivity contribution in [3.63, 3.8) is 0 Å². The van der Waals surface area contributed by atoms with Crippen molar-refractivity contribution >= 4 is 11.6 Å². The average Bonchev–Trinajstić information content (AvgIpc) is 2.97. The van der Waals surface area contributed by atoms with Gasteiger partial charge < -0.3 is 10.3 Å². The second-order valence-corrected chi connectivity index (χ2v) is 8.06. The maximum atomic E-state index is 12.6. The van der Waals surface area contributed by atoms with Crippen molar-refractivity contribution < 1.29 is 4.79 Å². The topological polar surface area (TPSA) is 65.2 Å². The zero-order valence-electron chi connectivity index (χ0n) is 16.4. The van der Waals surface area contributed by atoms with Crippen LogP contribution in [-0.2, 0) is 19.4 Å². The van der Waals surface area contributed by atoms with Gasteiger partial charge in [-0.05, 0) is 80.9 Å². The molecule has 5 heteroatoms. The molecule has 2 N–H and O–H groups in total. The number of hydrogen-bond acceptors (Lipinski definition) is 3. The highest BCUT2D eigenvalue weighted by Gasteiger charge is 2.17. The normalized spacial score (nSPS) is 17.6. The lowest BCUT2D eigenvalue weighted by Crippen LogP contribution is -2.26. The summed E-state index contributed by atoms with van der Waals surface area (Å²) >= 11 is 0.